The molecule has 1 N–H and O–H groups in total. The normalized spacial score (nSPS) is 22.8. The lowest BCUT2D eigenvalue weighted by Gasteiger charge is -2.17. The van der Waals surface area contributed by atoms with E-state index in [1.54, 1.807) is 12.1 Å². The van der Waals surface area contributed by atoms with Gasteiger partial charge in [-0.2, -0.15) is 10.5 Å². The Morgan fingerprint density at radius 1 is 1.29 bits per heavy atom. The molecule has 2 atom stereocenters. The van der Waals surface area contributed by atoms with Crippen LogP contribution in [-0.4, -0.2) is 6.04 Å². The van der Waals surface area contributed by atoms with Gasteiger partial charge in [0.25, 0.3) is 0 Å². The maximum absolute atomic E-state index is 8.99. The number of hydrogen-bond acceptors (Lipinski definition) is 3. The van der Waals surface area contributed by atoms with Gasteiger partial charge in [-0.15, -0.1) is 0 Å². The van der Waals surface area contributed by atoms with Crippen LogP contribution < -0.4 is 5.32 Å². The van der Waals surface area contributed by atoms with Crippen molar-refractivity contribution in [2.24, 2.45) is 5.92 Å². The van der Waals surface area contributed by atoms with Crippen molar-refractivity contribution in [3.8, 4) is 12.1 Å². The highest BCUT2D eigenvalue weighted by molar-refractivity contribution is 6.32. The van der Waals surface area contributed by atoms with Crippen molar-refractivity contribution in [3.63, 3.8) is 0 Å². The van der Waals surface area contributed by atoms with E-state index in [2.05, 4.69) is 11.4 Å². The Balaban J connectivity index is 2.12. The van der Waals surface area contributed by atoms with E-state index in [9.17, 15) is 0 Å². The summed E-state index contributed by atoms with van der Waals surface area (Å²) in [6, 6.07) is 9.81. The van der Waals surface area contributed by atoms with E-state index < -0.39 is 0 Å². The molecular formula is C13H12ClN3. The molecule has 17 heavy (non-hydrogen) atoms. The largest absolute Gasteiger partial charge is 0.381 e. The Hall–Kier alpha value is -1.71. The van der Waals surface area contributed by atoms with Gasteiger partial charge in [0.1, 0.15) is 6.07 Å². The molecule has 0 saturated heterocycles. The van der Waals surface area contributed by atoms with Crippen molar-refractivity contribution in [2.75, 3.05) is 5.32 Å². The maximum atomic E-state index is 8.99. The molecule has 0 aliphatic heterocycles. The molecule has 1 fully saturated rings. The second-order valence-electron chi connectivity index (χ2n) is 4.22. The van der Waals surface area contributed by atoms with Gasteiger partial charge in [-0.3, -0.25) is 0 Å². The van der Waals surface area contributed by atoms with E-state index in [-0.39, 0.29) is 12.0 Å². The van der Waals surface area contributed by atoms with Crippen molar-refractivity contribution < 1.29 is 0 Å². The molecule has 0 bridgehead atoms. The van der Waals surface area contributed by atoms with E-state index in [1.165, 1.54) is 0 Å². The lowest BCUT2D eigenvalue weighted by atomic mass is 10.1. The van der Waals surface area contributed by atoms with Gasteiger partial charge in [-0.1, -0.05) is 11.6 Å². The predicted octanol–water partition coefficient (Wildman–Crippen LogP) is 3.32. The van der Waals surface area contributed by atoms with E-state index in [0.717, 1.165) is 24.9 Å². The van der Waals surface area contributed by atoms with Crippen LogP contribution in [0, 0.1) is 28.6 Å². The molecule has 2 unspecified atom stereocenters. The van der Waals surface area contributed by atoms with E-state index in [4.69, 9.17) is 22.1 Å². The van der Waals surface area contributed by atoms with Crippen LogP contribution in [0.2, 0.25) is 5.02 Å². The fraction of sp³-hybridized carbons (Fsp3) is 0.385. The summed E-state index contributed by atoms with van der Waals surface area (Å²) < 4.78 is 0. The quantitative estimate of drug-likeness (QED) is 0.870. The molecule has 1 aromatic rings. The summed E-state index contributed by atoms with van der Waals surface area (Å²) in [6.45, 7) is 0. The van der Waals surface area contributed by atoms with Crippen LogP contribution in [-0.2, 0) is 0 Å². The lowest BCUT2D eigenvalue weighted by molar-refractivity contribution is 0.630. The van der Waals surface area contributed by atoms with E-state index >= 15 is 0 Å². The van der Waals surface area contributed by atoms with Crippen LogP contribution in [0.25, 0.3) is 0 Å². The summed E-state index contributed by atoms with van der Waals surface area (Å²) in [5.74, 6) is 0.0735. The van der Waals surface area contributed by atoms with Gasteiger partial charge in [-0.05, 0) is 37.5 Å². The topological polar surface area (TPSA) is 59.6 Å². The molecule has 0 spiro atoms. The zero-order chi connectivity index (χ0) is 12.3. The van der Waals surface area contributed by atoms with Gasteiger partial charge in [0, 0.05) is 11.7 Å². The van der Waals surface area contributed by atoms with Gasteiger partial charge >= 0.3 is 0 Å². The summed E-state index contributed by atoms with van der Waals surface area (Å²) in [5.41, 5.74) is 1.35. The maximum Gasteiger partial charge on any atom is 0.101 e. The van der Waals surface area contributed by atoms with Crippen LogP contribution in [0.5, 0.6) is 0 Å². The Morgan fingerprint density at radius 3 is 2.76 bits per heavy atom. The van der Waals surface area contributed by atoms with Crippen LogP contribution in [0.15, 0.2) is 18.2 Å². The third-order valence-electron chi connectivity index (χ3n) is 3.12. The fourth-order valence-corrected chi connectivity index (χ4v) is 2.42. The highest BCUT2D eigenvalue weighted by Crippen LogP contribution is 2.29. The molecule has 0 aromatic heterocycles. The highest BCUT2D eigenvalue weighted by atomic mass is 35.5. The first kappa shape index (κ1) is 11.8. The third kappa shape index (κ3) is 2.52. The molecule has 4 heteroatoms. The fourth-order valence-electron chi connectivity index (χ4n) is 2.20. The first-order valence-corrected chi connectivity index (χ1v) is 5.98. The Kier molecular flexibility index (Phi) is 3.52. The van der Waals surface area contributed by atoms with Gasteiger partial charge in [0.15, 0.2) is 0 Å². The number of benzene rings is 1. The smallest absolute Gasteiger partial charge is 0.101 e. The molecule has 1 saturated carbocycles. The van der Waals surface area contributed by atoms with Gasteiger partial charge in [0.05, 0.1) is 22.6 Å². The van der Waals surface area contributed by atoms with Crippen molar-refractivity contribution in [3.05, 3.63) is 28.8 Å². The second-order valence-corrected chi connectivity index (χ2v) is 4.63. The number of rotatable bonds is 2. The standard InChI is InChI=1S/C13H12ClN3/c14-12-6-11(5-4-9(12)7-15)17-13-3-1-2-10(13)8-16/h4-6,10,13,17H,1-3H2. The van der Waals surface area contributed by atoms with Crippen molar-refractivity contribution in [1.29, 1.82) is 10.5 Å². The molecule has 2 rings (SSSR count). The zero-order valence-corrected chi connectivity index (χ0v) is 10.0. The van der Waals surface area contributed by atoms with Crippen LogP contribution in [0.4, 0.5) is 5.69 Å². The third-order valence-corrected chi connectivity index (χ3v) is 3.44. The molecule has 1 aromatic carbocycles. The monoisotopic (exact) mass is 245 g/mol. The number of hydrogen-bond donors (Lipinski definition) is 1. The molecule has 0 amide bonds. The summed E-state index contributed by atoms with van der Waals surface area (Å²) in [7, 11) is 0. The molecule has 86 valence electrons. The average molecular weight is 246 g/mol. The van der Waals surface area contributed by atoms with Crippen molar-refractivity contribution in [2.45, 2.75) is 25.3 Å². The number of nitriles is 2. The molecule has 1 aliphatic carbocycles. The van der Waals surface area contributed by atoms with Crippen LogP contribution >= 0.6 is 11.6 Å². The number of anilines is 1. The molecule has 0 heterocycles. The summed E-state index contributed by atoms with van der Waals surface area (Å²) in [5, 5.41) is 21.5. The number of halogens is 1. The van der Waals surface area contributed by atoms with Crippen LogP contribution in [0.1, 0.15) is 24.8 Å². The first-order valence-electron chi connectivity index (χ1n) is 5.60. The Bertz CT molecular complexity index is 498. The molecule has 0 radical (unpaired) electrons. The van der Waals surface area contributed by atoms with E-state index in [1.807, 2.05) is 12.1 Å². The summed E-state index contributed by atoms with van der Waals surface area (Å²) >= 11 is 5.96. The molecular weight excluding hydrogens is 234 g/mol. The molecule has 3 nitrogen and oxygen atoms in total. The summed E-state index contributed by atoms with van der Waals surface area (Å²) in [4.78, 5) is 0. The number of nitrogens with one attached hydrogen (secondary N) is 1. The zero-order valence-electron chi connectivity index (χ0n) is 9.28. The Labute approximate surface area is 106 Å². The van der Waals surface area contributed by atoms with Crippen molar-refractivity contribution in [1.82, 2.24) is 0 Å². The Morgan fingerprint density at radius 2 is 2.12 bits per heavy atom. The average Bonchev–Trinajstić information content (AvgIpc) is 2.76. The highest BCUT2D eigenvalue weighted by Gasteiger charge is 2.26. The predicted molar refractivity (Wildman–Crippen MR) is 66.5 cm³/mol. The minimum absolute atomic E-state index is 0.0735. The number of nitrogens with zero attached hydrogens (tertiary/aromatic N) is 2. The summed E-state index contributed by atoms with van der Waals surface area (Å²) in [6.07, 6.45) is 3.05. The first-order chi connectivity index (χ1) is 8.24. The SMILES string of the molecule is N#Cc1ccc(NC2CCCC2C#N)cc1Cl. The van der Waals surface area contributed by atoms with Crippen LogP contribution in [0.3, 0.4) is 0 Å². The van der Waals surface area contributed by atoms with E-state index in [0.29, 0.717) is 10.6 Å². The molecule has 1 aliphatic rings. The lowest BCUT2D eigenvalue weighted by Crippen LogP contribution is -2.22. The minimum atomic E-state index is 0.0735. The minimum Gasteiger partial charge on any atom is -0.381 e. The van der Waals surface area contributed by atoms with Gasteiger partial charge in [-0.25, -0.2) is 0 Å². The van der Waals surface area contributed by atoms with Gasteiger partial charge in [0.2, 0.25) is 0 Å². The second kappa shape index (κ2) is 5.08. The van der Waals surface area contributed by atoms with Crippen molar-refractivity contribution >= 4 is 17.3 Å². The van der Waals surface area contributed by atoms with Gasteiger partial charge < -0.3 is 5.32 Å².